The van der Waals surface area contributed by atoms with Crippen LogP contribution < -0.4 is 9.21 Å². The summed E-state index contributed by atoms with van der Waals surface area (Å²) in [4.78, 5) is 11.4. The Balaban J connectivity index is 1.54. The number of benzene rings is 2. The highest BCUT2D eigenvalue weighted by atomic mass is 79.9. The molecule has 0 saturated carbocycles. The van der Waals surface area contributed by atoms with Crippen molar-refractivity contribution in [1.29, 1.82) is 0 Å². The lowest BCUT2D eigenvalue weighted by molar-refractivity contribution is 0.0909. The van der Waals surface area contributed by atoms with Crippen molar-refractivity contribution in [2.75, 3.05) is 56.0 Å². The molecule has 14 heteroatoms. The van der Waals surface area contributed by atoms with Gasteiger partial charge < -0.3 is 23.7 Å². The standard InChI is InChI=1S/C32H41BrFN5O5SSi/c1-23(24-7-6-8-26(33)17-24)45(40,41)39(22-42-2)29-10-9-25(18-28(29)34)30-19-27-31(37-11-13-43-14-12-37)35-20-36-32(27)38(30)21-44-15-16-46(3,4)5/h6-10,17-20,23H,11-16,21-22H2,1-5H3. The molecule has 46 heavy (non-hydrogen) atoms. The van der Waals surface area contributed by atoms with Gasteiger partial charge in [-0.15, -0.1) is 0 Å². The fourth-order valence-electron chi connectivity index (χ4n) is 5.37. The summed E-state index contributed by atoms with van der Waals surface area (Å²) in [6.07, 6.45) is 1.54. The SMILES string of the molecule is COCN(c1ccc(-c2cc3c(N4CCOCC4)ncnc3n2COCC[Si](C)(C)C)cc1F)S(=O)(=O)C(C)c1cccc(Br)c1. The highest BCUT2D eigenvalue weighted by molar-refractivity contribution is 9.10. The van der Waals surface area contributed by atoms with Gasteiger partial charge in [-0.1, -0.05) is 53.8 Å². The van der Waals surface area contributed by atoms with Gasteiger partial charge in [0.1, 0.15) is 42.3 Å². The number of morpholine rings is 1. The molecular weight excluding hydrogens is 693 g/mol. The number of hydrogen-bond acceptors (Lipinski definition) is 8. The van der Waals surface area contributed by atoms with Gasteiger partial charge in [-0.25, -0.2) is 27.1 Å². The van der Waals surface area contributed by atoms with Crippen LogP contribution in [0.1, 0.15) is 17.7 Å². The predicted octanol–water partition coefficient (Wildman–Crippen LogP) is 6.65. The van der Waals surface area contributed by atoms with Gasteiger partial charge in [-0.3, -0.25) is 0 Å². The van der Waals surface area contributed by atoms with Crippen LogP contribution in [0.5, 0.6) is 0 Å². The zero-order valence-corrected chi connectivity index (χ0v) is 30.3. The molecule has 1 fully saturated rings. The molecule has 1 saturated heterocycles. The average Bonchev–Trinajstić information content (AvgIpc) is 3.40. The highest BCUT2D eigenvalue weighted by Crippen LogP contribution is 2.36. The van der Waals surface area contributed by atoms with Crippen molar-refractivity contribution in [3.05, 3.63) is 70.7 Å². The molecule has 0 radical (unpaired) electrons. The van der Waals surface area contributed by atoms with Crippen molar-refractivity contribution in [2.45, 2.75) is 44.6 Å². The molecule has 2 aromatic carbocycles. The molecule has 1 unspecified atom stereocenters. The Bertz CT molecular complexity index is 1780. The lowest BCUT2D eigenvalue weighted by Gasteiger charge is -2.28. The number of nitrogens with zero attached hydrogens (tertiary/aromatic N) is 5. The number of aromatic nitrogens is 3. The van der Waals surface area contributed by atoms with Crippen LogP contribution in [0.4, 0.5) is 15.9 Å². The lowest BCUT2D eigenvalue weighted by atomic mass is 10.1. The number of methoxy groups -OCH3 is 1. The molecule has 2 aromatic heterocycles. The van der Waals surface area contributed by atoms with Crippen molar-refractivity contribution >= 4 is 56.6 Å². The van der Waals surface area contributed by atoms with E-state index in [1.807, 2.05) is 16.7 Å². The second-order valence-electron chi connectivity index (χ2n) is 12.5. The normalized spacial score (nSPS) is 15.0. The molecule has 248 valence electrons. The van der Waals surface area contributed by atoms with E-state index in [1.54, 1.807) is 37.5 Å². The van der Waals surface area contributed by atoms with Crippen LogP contribution in [-0.2, 0) is 31.0 Å². The number of sulfonamides is 1. The Hall–Kier alpha value is -2.88. The fraction of sp³-hybridized carbons (Fsp3) is 0.438. The van der Waals surface area contributed by atoms with Crippen molar-refractivity contribution in [3.63, 3.8) is 0 Å². The van der Waals surface area contributed by atoms with Gasteiger partial charge in [0.25, 0.3) is 0 Å². The monoisotopic (exact) mass is 733 g/mol. The van der Waals surface area contributed by atoms with Crippen LogP contribution in [0.15, 0.2) is 59.3 Å². The number of fused-ring (bicyclic) bond motifs is 1. The topological polar surface area (TPSA) is 99.0 Å². The average molecular weight is 735 g/mol. The third-order valence-electron chi connectivity index (χ3n) is 8.03. The second-order valence-corrected chi connectivity index (χ2v) is 21.2. The van der Waals surface area contributed by atoms with Crippen LogP contribution in [0.3, 0.4) is 0 Å². The Kier molecular flexibility index (Phi) is 10.8. The molecule has 4 aromatic rings. The number of hydrogen-bond donors (Lipinski definition) is 0. The first-order valence-corrected chi connectivity index (χ1v) is 21.2. The van der Waals surface area contributed by atoms with E-state index in [4.69, 9.17) is 14.2 Å². The van der Waals surface area contributed by atoms with E-state index in [1.165, 1.54) is 19.2 Å². The smallest absolute Gasteiger partial charge is 0.244 e. The summed E-state index contributed by atoms with van der Waals surface area (Å²) in [5, 5.41) is -0.128. The van der Waals surface area contributed by atoms with Gasteiger partial charge in [-0.05, 0) is 48.9 Å². The largest absolute Gasteiger partial charge is 0.378 e. The van der Waals surface area contributed by atoms with Gasteiger partial charge in [-0.2, -0.15) is 0 Å². The molecule has 3 heterocycles. The minimum absolute atomic E-state index is 0.102. The summed E-state index contributed by atoms with van der Waals surface area (Å²) in [6, 6.07) is 14.6. The first-order valence-electron chi connectivity index (χ1n) is 15.2. The van der Waals surface area contributed by atoms with Crippen LogP contribution in [0.25, 0.3) is 22.3 Å². The van der Waals surface area contributed by atoms with E-state index in [2.05, 4.69) is 50.4 Å². The maximum atomic E-state index is 16.1. The summed E-state index contributed by atoms with van der Waals surface area (Å²) in [5.41, 5.74) is 2.39. The van der Waals surface area contributed by atoms with Crippen LogP contribution in [-0.4, -0.2) is 77.8 Å². The van der Waals surface area contributed by atoms with Crippen LogP contribution >= 0.6 is 15.9 Å². The molecule has 0 aliphatic carbocycles. The van der Waals surface area contributed by atoms with Gasteiger partial charge in [0, 0.05) is 44.9 Å². The van der Waals surface area contributed by atoms with Gasteiger partial charge in [0.2, 0.25) is 10.0 Å². The molecule has 10 nitrogen and oxygen atoms in total. The molecule has 0 N–H and O–H groups in total. The van der Waals surface area contributed by atoms with Crippen molar-refractivity contribution in [2.24, 2.45) is 0 Å². The molecule has 1 atom stereocenters. The van der Waals surface area contributed by atoms with E-state index in [0.29, 0.717) is 55.4 Å². The van der Waals surface area contributed by atoms with Crippen molar-refractivity contribution in [3.8, 4) is 11.3 Å². The lowest BCUT2D eigenvalue weighted by Crippen LogP contribution is -2.36. The molecular formula is C32H41BrFN5O5SSi. The molecule has 0 bridgehead atoms. The van der Waals surface area contributed by atoms with E-state index in [0.717, 1.165) is 26.0 Å². The summed E-state index contributed by atoms with van der Waals surface area (Å²) < 4.78 is 64.4. The number of rotatable bonds is 13. The second kappa shape index (κ2) is 14.5. The third kappa shape index (κ3) is 7.63. The Morgan fingerprint density at radius 1 is 1.11 bits per heavy atom. The Morgan fingerprint density at radius 2 is 1.87 bits per heavy atom. The molecule has 0 spiro atoms. The molecule has 1 aliphatic heterocycles. The molecule has 0 amide bonds. The fourth-order valence-corrected chi connectivity index (χ4v) is 8.09. The minimum Gasteiger partial charge on any atom is -0.378 e. The summed E-state index contributed by atoms with van der Waals surface area (Å²) in [5.74, 6) is 0.0851. The summed E-state index contributed by atoms with van der Waals surface area (Å²) in [7, 11) is -4.00. The summed E-state index contributed by atoms with van der Waals surface area (Å²) >= 11 is 3.41. The first-order chi connectivity index (χ1) is 21.9. The van der Waals surface area contributed by atoms with Crippen molar-refractivity contribution in [1.82, 2.24) is 14.5 Å². The highest BCUT2D eigenvalue weighted by Gasteiger charge is 2.32. The number of anilines is 2. The predicted molar refractivity (Wildman–Crippen MR) is 186 cm³/mol. The third-order valence-corrected chi connectivity index (χ3v) is 12.3. The maximum Gasteiger partial charge on any atom is 0.244 e. The van der Waals surface area contributed by atoms with E-state index >= 15 is 4.39 Å². The molecule has 5 rings (SSSR count). The number of ether oxygens (including phenoxy) is 3. The van der Waals surface area contributed by atoms with E-state index in [9.17, 15) is 8.42 Å². The van der Waals surface area contributed by atoms with Gasteiger partial charge >= 0.3 is 0 Å². The quantitative estimate of drug-likeness (QED) is 0.0856. The zero-order valence-electron chi connectivity index (χ0n) is 26.9. The number of halogens is 2. The molecule has 1 aliphatic rings. The van der Waals surface area contributed by atoms with Crippen molar-refractivity contribution < 1.29 is 27.0 Å². The Labute approximate surface area is 279 Å². The first kappa shape index (κ1) is 34.5. The maximum absolute atomic E-state index is 16.1. The van der Waals surface area contributed by atoms with E-state index in [-0.39, 0.29) is 19.1 Å². The van der Waals surface area contributed by atoms with Crippen LogP contribution in [0, 0.1) is 5.82 Å². The van der Waals surface area contributed by atoms with Gasteiger partial charge in [0.15, 0.2) is 0 Å². The van der Waals surface area contributed by atoms with Gasteiger partial charge in [0.05, 0.1) is 30.0 Å². The van der Waals surface area contributed by atoms with Crippen LogP contribution in [0.2, 0.25) is 25.7 Å². The van der Waals surface area contributed by atoms with E-state index < -0.39 is 29.2 Å². The summed E-state index contributed by atoms with van der Waals surface area (Å²) in [6.45, 7) is 11.6. The Morgan fingerprint density at radius 3 is 2.54 bits per heavy atom. The zero-order chi connectivity index (χ0) is 33.1. The minimum atomic E-state index is -4.07.